The Labute approximate surface area is 134 Å². The summed E-state index contributed by atoms with van der Waals surface area (Å²) in [6.07, 6.45) is 0.369. The first-order valence-corrected chi connectivity index (χ1v) is 8.18. The molecular weight excluding hydrogens is 292 g/mol. The summed E-state index contributed by atoms with van der Waals surface area (Å²) in [6, 6.07) is 15.9. The van der Waals surface area contributed by atoms with E-state index in [1.807, 2.05) is 42.5 Å². The first-order valence-electron chi connectivity index (χ1n) is 7.36. The number of thiazole rings is 1. The second kappa shape index (κ2) is 6.28. The van der Waals surface area contributed by atoms with Gasteiger partial charge in [-0.05, 0) is 23.1 Å². The lowest BCUT2D eigenvalue weighted by atomic mass is 10.0. The van der Waals surface area contributed by atoms with Crippen LogP contribution in [0.2, 0.25) is 0 Å². The zero-order valence-corrected chi connectivity index (χ0v) is 13.5. The van der Waals surface area contributed by atoms with Crippen LogP contribution in [-0.2, 0) is 11.2 Å². The molecule has 0 aliphatic carbocycles. The van der Waals surface area contributed by atoms with Crippen LogP contribution >= 0.6 is 11.3 Å². The van der Waals surface area contributed by atoms with Gasteiger partial charge in [0.25, 0.3) is 0 Å². The van der Waals surface area contributed by atoms with Crippen molar-refractivity contribution in [3.8, 4) is 0 Å². The van der Waals surface area contributed by atoms with Gasteiger partial charge in [-0.2, -0.15) is 0 Å². The molecule has 2 aromatic carbocycles. The van der Waals surface area contributed by atoms with E-state index in [2.05, 4.69) is 30.2 Å². The molecule has 1 aromatic heterocycles. The number of hydrogen-bond donors (Lipinski definition) is 1. The zero-order chi connectivity index (χ0) is 15.5. The van der Waals surface area contributed by atoms with E-state index in [1.54, 1.807) is 0 Å². The Morgan fingerprint density at radius 2 is 1.91 bits per heavy atom. The lowest BCUT2D eigenvalue weighted by molar-refractivity contribution is -0.115. The number of anilines is 1. The van der Waals surface area contributed by atoms with E-state index in [-0.39, 0.29) is 5.91 Å². The number of aromatic nitrogens is 1. The van der Waals surface area contributed by atoms with Crippen molar-refractivity contribution in [2.24, 2.45) is 0 Å². The third-order valence-corrected chi connectivity index (χ3v) is 4.46. The van der Waals surface area contributed by atoms with Crippen molar-refractivity contribution in [3.63, 3.8) is 0 Å². The molecule has 0 saturated carbocycles. The summed E-state index contributed by atoms with van der Waals surface area (Å²) in [7, 11) is 0. The highest BCUT2D eigenvalue weighted by Crippen LogP contribution is 2.31. The largest absolute Gasteiger partial charge is 0.302 e. The molecular formula is C18H18N2OS. The zero-order valence-electron chi connectivity index (χ0n) is 12.7. The molecule has 0 aliphatic heterocycles. The summed E-state index contributed by atoms with van der Waals surface area (Å²) >= 11 is 1.52. The number of para-hydroxylation sites is 1. The van der Waals surface area contributed by atoms with Crippen molar-refractivity contribution >= 4 is 32.6 Å². The van der Waals surface area contributed by atoms with Crippen molar-refractivity contribution in [1.29, 1.82) is 0 Å². The highest BCUT2D eigenvalue weighted by atomic mass is 32.1. The molecule has 0 radical (unpaired) electrons. The van der Waals surface area contributed by atoms with E-state index in [1.165, 1.54) is 16.9 Å². The van der Waals surface area contributed by atoms with Crippen LogP contribution < -0.4 is 5.32 Å². The van der Waals surface area contributed by atoms with Gasteiger partial charge in [0.05, 0.1) is 16.6 Å². The third kappa shape index (κ3) is 3.17. The molecule has 1 amide bonds. The maximum absolute atomic E-state index is 12.1. The van der Waals surface area contributed by atoms with Gasteiger partial charge in [0.15, 0.2) is 5.13 Å². The molecule has 3 aromatic rings. The van der Waals surface area contributed by atoms with Crippen LogP contribution in [0.3, 0.4) is 0 Å². The summed E-state index contributed by atoms with van der Waals surface area (Å²) < 4.78 is 1.11. The molecule has 1 N–H and O–H groups in total. The van der Waals surface area contributed by atoms with Crippen LogP contribution in [0.15, 0.2) is 48.5 Å². The van der Waals surface area contributed by atoms with Crippen LogP contribution in [0.1, 0.15) is 30.9 Å². The van der Waals surface area contributed by atoms with Crippen LogP contribution in [0.5, 0.6) is 0 Å². The molecule has 0 unspecified atom stereocenters. The number of benzene rings is 2. The molecule has 0 atom stereocenters. The Morgan fingerprint density at radius 1 is 1.14 bits per heavy atom. The number of nitrogens with zero attached hydrogens (tertiary/aromatic N) is 1. The Bertz CT molecular complexity index is 793. The Morgan fingerprint density at radius 3 is 2.64 bits per heavy atom. The van der Waals surface area contributed by atoms with Crippen LogP contribution in [0.25, 0.3) is 10.2 Å². The van der Waals surface area contributed by atoms with E-state index in [0.717, 1.165) is 15.8 Å². The van der Waals surface area contributed by atoms with Gasteiger partial charge in [0, 0.05) is 0 Å². The van der Waals surface area contributed by atoms with Gasteiger partial charge < -0.3 is 5.32 Å². The van der Waals surface area contributed by atoms with Crippen molar-refractivity contribution in [3.05, 3.63) is 59.7 Å². The minimum absolute atomic E-state index is 0.0312. The molecule has 4 heteroatoms. The van der Waals surface area contributed by atoms with Gasteiger partial charge >= 0.3 is 0 Å². The van der Waals surface area contributed by atoms with Gasteiger partial charge in [-0.1, -0.05) is 67.6 Å². The number of amides is 1. The highest BCUT2D eigenvalue weighted by molar-refractivity contribution is 7.22. The monoisotopic (exact) mass is 310 g/mol. The van der Waals surface area contributed by atoms with Gasteiger partial charge in [-0.25, -0.2) is 4.98 Å². The number of hydrogen-bond acceptors (Lipinski definition) is 3. The fourth-order valence-corrected chi connectivity index (χ4v) is 3.35. The lowest BCUT2D eigenvalue weighted by Gasteiger charge is -2.04. The number of rotatable bonds is 4. The second-order valence-electron chi connectivity index (χ2n) is 5.58. The molecule has 0 spiro atoms. The molecule has 22 heavy (non-hydrogen) atoms. The minimum atomic E-state index is -0.0312. The topological polar surface area (TPSA) is 42.0 Å². The average Bonchev–Trinajstić information content (AvgIpc) is 2.89. The van der Waals surface area contributed by atoms with E-state index in [0.29, 0.717) is 17.5 Å². The van der Waals surface area contributed by atoms with E-state index in [4.69, 9.17) is 0 Å². The van der Waals surface area contributed by atoms with Crippen LogP contribution in [0.4, 0.5) is 5.13 Å². The van der Waals surface area contributed by atoms with Crippen LogP contribution in [0, 0.1) is 0 Å². The first-order chi connectivity index (χ1) is 10.6. The quantitative estimate of drug-likeness (QED) is 0.765. The molecule has 1 heterocycles. The predicted octanol–water partition coefficient (Wildman–Crippen LogP) is 4.60. The van der Waals surface area contributed by atoms with Crippen molar-refractivity contribution in [1.82, 2.24) is 4.98 Å². The van der Waals surface area contributed by atoms with Gasteiger partial charge in [0.2, 0.25) is 5.91 Å². The normalized spacial score (nSPS) is 11.0. The Balaban J connectivity index is 1.79. The fourth-order valence-electron chi connectivity index (χ4n) is 2.43. The summed E-state index contributed by atoms with van der Waals surface area (Å²) in [5, 5.41) is 3.58. The van der Waals surface area contributed by atoms with Gasteiger partial charge in [0.1, 0.15) is 0 Å². The predicted molar refractivity (Wildman–Crippen MR) is 92.5 cm³/mol. The van der Waals surface area contributed by atoms with E-state index in [9.17, 15) is 4.79 Å². The Kier molecular flexibility index (Phi) is 4.20. The van der Waals surface area contributed by atoms with E-state index >= 15 is 0 Å². The summed E-state index contributed by atoms with van der Waals surface area (Å²) in [6.45, 7) is 4.31. The highest BCUT2D eigenvalue weighted by Gasteiger charge is 2.12. The van der Waals surface area contributed by atoms with Crippen molar-refractivity contribution in [2.75, 3.05) is 5.32 Å². The molecule has 3 rings (SSSR count). The summed E-state index contributed by atoms with van der Waals surface area (Å²) in [5.41, 5.74) is 3.22. The smallest absolute Gasteiger partial charge is 0.230 e. The van der Waals surface area contributed by atoms with Crippen molar-refractivity contribution in [2.45, 2.75) is 26.2 Å². The molecule has 0 bridgehead atoms. The van der Waals surface area contributed by atoms with E-state index < -0.39 is 0 Å². The standard InChI is InChI=1S/C18H18N2OS/c1-12(2)14-9-6-10-15-17(14)20-18(22-15)19-16(21)11-13-7-4-3-5-8-13/h3-10,12H,11H2,1-2H3,(H,19,20,21). The lowest BCUT2D eigenvalue weighted by Crippen LogP contribution is -2.14. The van der Waals surface area contributed by atoms with Crippen LogP contribution in [-0.4, -0.2) is 10.9 Å². The third-order valence-electron chi connectivity index (χ3n) is 3.53. The fraction of sp³-hybridized carbons (Fsp3) is 0.222. The summed E-state index contributed by atoms with van der Waals surface area (Å²) in [5.74, 6) is 0.384. The maximum Gasteiger partial charge on any atom is 0.230 e. The molecule has 0 aliphatic rings. The van der Waals surface area contributed by atoms with Gasteiger partial charge in [-0.3, -0.25) is 4.79 Å². The Hall–Kier alpha value is -2.20. The number of carbonyl (C=O) groups is 1. The second-order valence-corrected chi connectivity index (χ2v) is 6.61. The molecule has 112 valence electrons. The minimum Gasteiger partial charge on any atom is -0.302 e. The van der Waals surface area contributed by atoms with Crippen molar-refractivity contribution < 1.29 is 4.79 Å². The number of carbonyl (C=O) groups excluding carboxylic acids is 1. The summed E-state index contributed by atoms with van der Waals surface area (Å²) in [4.78, 5) is 16.7. The first kappa shape index (κ1) is 14.7. The molecule has 0 saturated heterocycles. The average molecular weight is 310 g/mol. The molecule has 3 nitrogen and oxygen atoms in total. The number of fused-ring (bicyclic) bond motifs is 1. The number of nitrogens with one attached hydrogen (secondary N) is 1. The molecule has 0 fully saturated rings. The van der Waals surface area contributed by atoms with Gasteiger partial charge in [-0.15, -0.1) is 0 Å². The maximum atomic E-state index is 12.1. The SMILES string of the molecule is CC(C)c1cccc2sc(NC(=O)Cc3ccccc3)nc12.